The van der Waals surface area contributed by atoms with Gasteiger partial charge in [0, 0.05) is 32.2 Å². The summed E-state index contributed by atoms with van der Waals surface area (Å²) in [6.07, 6.45) is 4.45. The number of hydrogen-bond donors (Lipinski definition) is 3. The number of hydrogen-bond acceptors (Lipinski definition) is 4. The van der Waals surface area contributed by atoms with E-state index in [1.165, 1.54) is 0 Å². The average molecular weight is 265 g/mol. The second kappa shape index (κ2) is 9.29. The lowest BCUT2D eigenvalue weighted by Crippen LogP contribution is -2.42. The van der Waals surface area contributed by atoms with Gasteiger partial charge in [0.2, 0.25) is 5.96 Å². The van der Waals surface area contributed by atoms with Crippen molar-refractivity contribution >= 4 is 5.96 Å². The van der Waals surface area contributed by atoms with Crippen molar-refractivity contribution in [2.24, 2.45) is 10.8 Å². The number of nitrogens with zero attached hydrogens (tertiary/aromatic N) is 2. The summed E-state index contributed by atoms with van der Waals surface area (Å²) in [5.74, 6) is 6.03. The van der Waals surface area contributed by atoms with Crippen LogP contribution in [0, 0.1) is 0 Å². The first-order chi connectivity index (χ1) is 9.27. The summed E-state index contributed by atoms with van der Waals surface area (Å²) in [7, 11) is 0. The van der Waals surface area contributed by atoms with Gasteiger partial charge in [-0.2, -0.15) is 0 Å². The highest BCUT2D eigenvalue weighted by Crippen LogP contribution is 2.09. The summed E-state index contributed by atoms with van der Waals surface area (Å²) in [5.41, 5.74) is 3.65. The quantitative estimate of drug-likeness (QED) is 0.225. The zero-order valence-electron chi connectivity index (χ0n) is 11.6. The molecule has 0 aromatic carbocycles. The molecule has 0 fully saturated rings. The molecular weight excluding hydrogens is 242 g/mol. The third kappa shape index (κ3) is 6.17. The van der Waals surface area contributed by atoms with Gasteiger partial charge in [-0.25, -0.2) is 5.84 Å². The lowest BCUT2D eigenvalue weighted by atomic mass is 10.1. The van der Waals surface area contributed by atoms with Crippen LogP contribution < -0.4 is 16.6 Å². The Morgan fingerprint density at radius 2 is 2.42 bits per heavy atom. The smallest absolute Gasteiger partial charge is 0.206 e. The molecule has 0 aliphatic heterocycles. The second-order valence-electron chi connectivity index (χ2n) is 4.08. The van der Waals surface area contributed by atoms with E-state index in [-0.39, 0.29) is 6.04 Å². The van der Waals surface area contributed by atoms with Crippen LogP contribution in [0.3, 0.4) is 0 Å². The summed E-state index contributed by atoms with van der Waals surface area (Å²) in [6.45, 7) is 6.14. The number of pyridine rings is 1. The van der Waals surface area contributed by atoms with Gasteiger partial charge in [0.15, 0.2) is 0 Å². The van der Waals surface area contributed by atoms with Crippen LogP contribution >= 0.6 is 0 Å². The van der Waals surface area contributed by atoms with Gasteiger partial charge >= 0.3 is 0 Å². The Morgan fingerprint density at radius 1 is 1.58 bits per heavy atom. The minimum absolute atomic E-state index is 0.0930. The summed E-state index contributed by atoms with van der Waals surface area (Å²) in [5, 5.41) is 3.21. The zero-order valence-corrected chi connectivity index (χ0v) is 11.6. The average Bonchev–Trinajstić information content (AvgIpc) is 2.46. The van der Waals surface area contributed by atoms with Crippen LogP contribution in [-0.4, -0.2) is 30.7 Å². The Balaban J connectivity index is 2.41. The van der Waals surface area contributed by atoms with E-state index in [0.29, 0.717) is 12.5 Å². The molecule has 0 radical (unpaired) electrons. The summed E-state index contributed by atoms with van der Waals surface area (Å²) < 4.78 is 5.25. The van der Waals surface area contributed by atoms with Gasteiger partial charge in [0.05, 0.1) is 6.04 Å². The topological polar surface area (TPSA) is 84.6 Å². The fourth-order valence-electron chi connectivity index (χ4n) is 1.56. The molecule has 0 aliphatic carbocycles. The molecule has 0 saturated carbocycles. The van der Waals surface area contributed by atoms with Gasteiger partial charge in [-0.15, -0.1) is 0 Å². The number of hydrazine groups is 1. The first kappa shape index (κ1) is 15.4. The van der Waals surface area contributed by atoms with E-state index < -0.39 is 0 Å². The molecule has 1 heterocycles. The molecule has 1 unspecified atom stereocenters. The standard InChI is InChI=1S/C13H23N5O/c1-3-19-9-5-8-16-13(18-14)17-11(2)12-6-4-7-15-10-12/h4,6-7,10-11H,3,5,8-9,14H2,1-2H3,(H2,16,17,18). The Morgan fingerprint density at radius 3 is 3.05 bits per heavy atom. The number of aliphatic imine (C=N–C) groups is 1. The number of rotatable bonds is 7. The van der Waals surface area contributed by atoms with E-state index in [1.807, 2.05) is 32.2 Å². The van der Waals surface area contributed by atoms with Gasteiger partial charge in [0.25, 0.3) is 0 Å². The van der Waals surface area contributed by atoms with Gasteiger partial charge in [-0.1, -0.05) is 6.07 Å². The van der Waals surface area contributed by atoms with E-state index in [1.54, 1.807) is 6.20 Å². The highest BCUT2D eigenvalue weighted by molar-refractivity contribution is 5.79. The normalized spacial score (nSPS) is 13.1. The fraction of sp³-hybridized carbons (Fsp3) is 0.538. The third-order valence-electron chi connectivity index (χ3n) is 2.60. The molecule has 4 N–H and O–H groups in total. The summed E-state index contributed by atoms with van der Waals surface area (Å²) >= 11 is 0. The molecule has 106 valence electrons. The second-order valence-corrected chi connectivity index (χ2v) is 4.08. The maximum absolute atomic E-state index is 5.45. The molecular formula is C13H23N5O. The van der Waals surface area contributed by atoms with Crippen molar-refractivity contribution in [3.8, 4) is 0 Å². The van der Waals surface area contributed by atoms with Crippen molar-refractivity contribution in [3.05, 3.63) is 30.1 Å². The van der Waals surface area contributed by atoms with Crippen LogP contribution in [0.25, 0.3) is 0 Å². The SMILES string of the molecule is CCOCCCN=C(NN)NC(C)c1cccnc1. The third-order valence-corrected chi connectivity index (χ3v) is 2.60. The fourth-order valence-corrected chi connectivity index (χ4v) is 1.56. The summed E-state index contributed by atoms with van der Waals surface area (Å²) in [4.78, 5) is 8.44. The van der Waals surface area contributed by atoms with Crippen LogP contribution in [0.2, 0.25) is 0 Å². The first-order valence-electron chi connectivity index (χ1n) is 6.53. The molecule has 0 amide bonds. The monoisotopic (exact) mass is 265 g/mol. The lowest BCUT2D eigenvalue weighted by molar-refractivity contribution is 0.146. The van der Waals surface area contributed by atoms with Gasteiger partial charge in [0.1, 0.15) is 0 Å². The van der Waals surface area contributed by atoms with Crippen molar-refractivity contribution < 1.29 is 4.74 Å². The van der Waals surface area contributed by atoms with Crippen LogP contribution in [0.1, 0.15) is 31.9 Å². The summed E-state index contributed by atoms with van der Waals surface area (Å²) in [6, 6.07) is 4.01. The van der Waals surface area contributed by atoms with E-state index in [2.05, 4.69) is 20.7 Å². The van der Waals surface area contributed by atoms with Gasteiger partial charge in [-0.05, 0) is 31.9 Å². The molecule has 0 saturated heterocycles. The molecule has 1 aromatic heterocycles. The highest BCUT2D eigenvalue weighted by atomic mass is 16.5. The molecule has 1 atom stereocenters. The number of ether oxygens (including phenoxy) is 1. The van der Waals surface area contributed by atoms with Crippen molar-refractivity contribution in [1.29, 1.82) is 0 Å². The lowest BCUT2D eigenvalue weighted by Gasteiger charge is -2.16. The molecule has 19 heavy (non-hydrogen) atoms. The molecule has 0 bridgehead atoms. The van der Waals surface area contributed by atoms with Crippen molar-refractivity contribution in [2.75, 3.05) is 19.8 Å². The van der Waals surface area contributed by atoms with E-state index in [9.17, 15) is 0 Å². The largest absolute Gasteiger partial charge is 0.382 e. The maximum Gasteiger partial charge on any atom is 0.206 e. The first-order valence-corrected chi connectivity index (χ1v) is 6.53. The minimum atomic E-state index is 0.0930. The molecule has 6 heteroatoms. The van der Waals surface area contributed by atoms with Crippen molar-refractivity contribution in [2.45, 2.75) is 26.3 Å². The van der Waals surface area contributed by atoms with E-state index >= 15 is 0 Å². The zero-order chi connectivity index (χ0) is 13.9. The van der Waals surface area contributed by atoms with Crippen LogP contribution in [0.5, 0.6) is 0 Å². The Kier molecular flexibility index (Phi) is 7.53. The Labute approximate surface area is 114 Å². The Hall–Kier alpha value is -1.66. The molecule has 0 spiro atoms. The molecule has 1 rings (SSSR count). The number of nitrogens with two attached hydrogens (primary N) is 1. The Bertz CT molecular complexity index is 369. The van der Waals surface area contributed by atoms with Crippen molar-refractivity contribution in [1.82, 2.24) is 15.7 Å². The minimum Gasteiger partial charge on any atom is -0.382 e. The molecule has 0 aliphatic rings. The van der Waals surface area contributed by atoms with Crippen LogP contribution in [0.15, 0.2) is 29.5 Å². The van der Waals surface area contributed by atoms with Crippen molar-refractivity contribution in [3.63, 3.8) is 0 Å². The van der Waals surface area contributed by atoms with E-state index in [0.717, 1.165) is 25.2 Å². The molecule has 6 nitrogen and oxygen atoms in total. The van der Waals surface area contributed by atoms with Gasteiger partial charge in [-0.3, -0.25) is 15.4 Å². The van der Waals surface area contributed by atoms with E-state index in [4.69, 9.17) is 10.6 Å². The highest BCUT2D eigenvalue weighted by Gasteiger charge is 2.06. The van der Waals surface area contributed by atoms with Crippen LogP contribution in [-0.2, 0) is 4.74 Å². The maximum atomic E-state index is 5.45. The number of guanidine groups is 1. The number of aromatic nitrogens is 1. The van der Waals surface area contributed by atoms with Gasteiger partial charge < -0.3 is 10.1 Å². The predicted octanol–water partition coefficient (Wildman–Crippen LogP) is 0.978. The number of nitrogens with one attached hydrogen (secondary N) is 2. The predicted molar refractivity (Wildman–Crippen MR) is 76.5 cm³/mol. The molecule has 1 aromatic rings. The van der Waals surface area contributed by atoms with Crippen LogP contribution in [0.4, 0.5) is 0 Å².